The third-order valence-electron chi connectivity index (χ3n) is 15.7. The van der Waals surface area contributed by atoms with Gasteiger partial charge < -0.3 is 20.3 Å². The molecule has 3 N–H and O–H groups in total. The average Bonchev–Trinajstić information content (AvgIpc) is 3.41. The first-order valence-corrected chi connectivity index (χ1v) is 33.8. The highest BCUT2D eigenvalue weighted by Gasteiger charge is 2.18. The summed E-state index contributed by atoms with van der Waals surface area (Å²) < 4.78 is 5.50. The molecule has 0 heterocycles. The zero-order valence-corrected chi connectivity index (χ0v) is 50.5. The monoisotopic (exact) mass is 1050 g/mol. The number of rotatable bonds is 63. The van der Waals surface area contributed by atoms with E-state index in [9.17, 15) is 19.8 Å². The first kappa shape index (κ1) is 73.1. The maximum Gasteiger partial charge on any atom is 0.305 e. The zero-order valence-electron chi connectivity index (χ0n) is 50.5. The molecule has 0 aromatic carbocycles. The van der Waals surface area contributed by atoms with Gasteiger partial charge in [-0.05, 0) is 64.2 Å². The molecule has 0 aliphatic carbocycles. The summed E-state index contributed by atoms with van der Waals surface area (Å²) >= 11 is 0. The van der Waals surface area contributed by atoms with Crippen molar-refractivity contribution in [1.29, 1.82) is 0 Å². The number of aliphatic hydroxyl groups is 2. The van der Waals surface area contributed by atoms with Crippen LogP contribution in [0, 0.1) is 0 Å². The Kier molecular flexibility index (Phi) is 63.0. The van der Waals surface area contributed by atoms with Gasteiger partial charge in [0, 0.05) is 12.8 Å². The summed E-state index contributed by atoms with van der Waals surface area (Å²) in [5, 5.41) is 23.2. The molecular weight excluding hydrogens is 923 g/mol. The van der Waals surface area contributed by atoms with Crippen molar-refractivity contribution >= 4 is 11.9 Å². The number of amides is 1. The molecule has 6 nitrogen and oxygen atoms in total. The van der Waals surface area contributed by atoms with Gasteiger partial charge in [-0.25, -0.2) is 0 Å². The van der Waals surface area contributed by atoms with Crippen LogP contribution in [0.3, 0.4) is 0 Å². The zero-order chi connectivity index (χ0) is 54.3. The molecule has 0 aliphatic heterocycles. The summed E-state index contributed by atoms with van der Waals surface area (Å²) in [6.07, 6.45) is 82.0. The SMILES string of the molecule is CCCCC/C=C\C/C=C\CCCCCCCCCCCC(=O)OCCCCCCCCCCCCCCCCCCCCCCCC(=O)NC(CO)C(O)/C=C/CCCCCCCCCCCCCCCCCC. The number of esters is 1. The Morgan fingerprint density at radius 1 is 0.373 bits per heavy atom. The van der Waals surface area contributed by atoms with E-state index in [0.29, 0.717) is 19.4 Å². The summed E-state index contributed by atoms with van der Waals surface area (Å²) in [5.41, 5.74) is 0. The van der Waals surface area contributed by atoms with Crippen LogP contribution in [0.1, 0.15) is 367 Å². The van der Waals surface area contributed by atoms with E-state index in [4.69, 9.17) is 4.74 Å². The second-order valence-corrected chi connectivity index (χ2v) is 23.2. The van der Waals surface area contributed by atoms with E-state index in [-0.39, 0.29) is 18.5 Å². The Labute approximate surface area is 468 Å². The maximum absolute atomic E-state index is 12.5. The fourth-order valence-electron chi connectivity index (χ4n) is 10.5. The van der Waals surface area contributed by atoms with Gasteiger partial charge in [0.05, 0.1) is 25.4 Å². The number of aliphatic hydroxyl groups excluding tert-OH is 2. The number of hydrogen-bond acceptors (Lipinski definition) is 5. The molecule has 0 aromatic rings. The highest BCUT2D eigenvalue weighted by molar-refractivity contribution is 5.76. The first-order chi connectivity index (χ1) is 37.0. The summed E-state index contributed by atoms with van der Waals surface area (Å²) in [7, 11) is 0. The smallest absolute Gasteiger partial charge is 0.305 e. The van der Waals surface area contributed by atoms with Gasteiger partial charge in [0.15, 0.2) is 0 Å². The van der Waals surface area contributed by atoms with E-state index in [2.05, 4.69) is 43.5 Å². The Morgan fingerprint density at radius 2 is 0.667 bits per heavy atom. The van der Waals surface area contributed by atoms with Crippen LogP contribution in [-0.4, -0.2) is 47.4 Å². The molecule has 0 saturated heterocycles. The van der Waals surface area contributed by atoms with Crippen LogP contribution < -0.4 is 5.32 Å². The number of hydrogen-bond donors (Lipinski definition) is 3. The molecule has 0 aliphatic rings. The molecule has 442 valence electrons. The molecule has 0 bridgehead atoms. The molecule has 0 aromatic heterocycles. The molecule has 0 saturated carbocycles. The van der Waals surface area contributed by atoms with Crippen molar-refractivity contribution in [2.24, 2.45) is 0 Å². The summed E-state index contributed by atoms with van der Waals surface area (Å²) in [6.45, 7) is 4.90. The largest absolute Gasteiger partial charge is 0.466 e. The van der Waals surface area contributed by atoms with Crippen molar-refractivity contribution < 1.29 is 24.5 Å². The minimum atomic E-state index is -0.846. The predicted molar refractivity (Wildman–Crippen MR) is 329 cm³/mol. The molecule has 0 fully saturated rings. The third-order valence-corrected chi connectivity index (χ3v) is 15.7. The Balaban J connectivity index is 3.40. The van der Waals surface area contributed by atoms with Gasteiger partial charge in [0.2, 0.25) is 5.91 Å². The van der Waals surface area contributed by atoms with E-state index in [1.165, 1.54) is 289 Å². The number of carbonyl (C=O) groups is 2. The Bertz CT molecular complexity index is 1210. The Morgan fingerprint density at radius 3 is 1.04 bits per heavy atom. The van der Waals surface area contributed by atoms with Gasteiger partial charge in [0.1, 0.15) is 0 Å². The molecule has 2 unspecified atom stereocenters. The van der Waals surface area contributed by atoms with Crippen molar-refractivity contribution in [1.82, 2.24) is 5.32 Å². The lowest BCUT2D eigenvalue weighted by atomic mass is 10.0. The van der Waals surface area contributed by atoms with Gasteiger partial charge in [-0.1, -0.05) is 326 Å². The van der Waals surface area contributed by atoms with Crippen molar-refractivity contribution in [3.8, 4) is 0 Å². The van der Waals surface area contributed by atoms with Gasteiger partial charge in [0.25, 0.3) is 0 Å². The molecule has 1 amide bonds. The van der Waals surface area contributed by atoms with E-state index < -0.39 is 12.1 Å². The molecule has 0 radical (unpaired) electrons. The van der Waals surface area contributed by atoms with Gasteiger partial charge in [-0.2, -0.15) is 0 Å². The standard InChI is InChI=1S/C69H131NO5/c1-3-5-7-9-11-13-15-17-19-21-26-31-35-39-43-47-51-55-59-63-69(74)75-64-60-56-52-48-44-40-36-32-28-25-23-24-27-30-34-38-42-46-50-54-58-62-68(73)70-66(65-71)67(72)61-57-53-49-45-41-37-33-29-22-20-18-16-14-12-10-8-6-4-2/h11,13,17,19,57,61,66-67,71-72H,3-10,12,14-16,18,20-56,58-60,62-65H2,1-2H3,(H,70,73)/b13-11-,19-17-,61-57+. The van der Waals surface area contributed by atoms with Crippen molar-refractivity contribution in [3.63, 3.8) is 0 Å². The van der Waals surface area contributed by atoms with Gasteiger partial charge in [-0.15, -0.1) is 0 Å². The van der Waals surface area contributed by atoms with E-state index >= 15 is 0 Å². The van der Waals surface area contributed by atoms with Crippen molar-refractivity contribution in [2.45, 2.75) is 379 Å². The van der Waals surface area contributed by atoms with E-state index in [0.717, 1.165) is 51.4 Å². The predicted octanol–water partition coefficient (Wildman–Crippen LogP) is 21.5. The van der Waals surface area contributed by atoms with Crippen LogP contribution in [0.2, 0.25) is 0 Å². The van der Waals surface area contributed by atoms with Crippen LogP contribution in [-0.2, 0) is 14.3 Å². The lowest BCUT2D eigenvalue weighted by Gasteiger charge is -2.20. The molecule has 0 spiro atoms. The van der Waals surface area contributed by atoms with E-state index in [1.54, 1.807) is 6.08 Å². The maximum atomic E-state index is 12.5. The number of unbranched alkanes of at least 4 members (excludes halogenated alkanes) is 48. The lowest BCUT2D eigenvalue weighted by molar-refractivity contribution is -0.143. The quantitative estimate of drug-likeness (QED) is 0.0320. The summed E-state index contributed by atoms with van der Waals surface area (Å²) in [6, 6.07) is -0.629. The number of nitrogens with one attached hydrogen (secondary N) is 1. The first-order valence-electron chi connectivity index (χ1n) is 33.8. The van der Waals surface area contributed by atoms with Crippen LogP contribution in [0.25, 0.3) is 0 Å². The normalized spacial score (nSPS) is 12.7. The minimum absolute atomic E-state index is 0.00807. The second kappa shape index (κ2) is 64.6. The average molecular weight is 1050 g/mol. The highest BCUT2D eigenvalue weighted by atomic mass is 16.5. The number of carbonyl (C=O) groups excluding carboxylic acids is 2. The molecule has 2 atom stereocenters. The topological polar surface area (TPSA) is 95.9 Å². The molecular formula is C69H131NO5. The number of allylic oxidation sites excluding steroid dienone is 5. The lowest BCUT2D eigenvalue weighted by Crippen LogP contribution is -2.45. The molecule has 75 heavy (non-hydrogen) atoms. The van der Waals surface area contributed by atoms with Gasteiger partial charge >= 0.3 is 5.97 Å². The van der Waals surface area contributed by atoms with Crippen LogP contribution >= 0.6 is 0 Å². The summed E-state index contributed by atoms with van der Waals surface area (Å²) in [4.78, 5) is 24.6. The third kappa shape index (κ3) is 61.2. The molecule has 0 rings (SSSR count). The number of ether oxygens (including phenoxy) is 1. The second-order valence-electron chi connectivity index (χ2n) is 23.2. The van der Waals surface area contributed by atoms with E-state index in [1.807, 2.05) is 6.08 Å². The Hall–Kier alpha value is -1.92. The van der Waals surface area contributed by atoms with Crippen molar-refractivity contribution in [2.75, 3.05) is 13.2 Å². The molecule has 6 heteroatoms. The highest BCUT2D eigenvalue weighted by Crippen LogP contribution is 2.18. The van der Waals surface area contributed by atoms with Crippen LogP contribution in [0.5, 0.6) is 0 Å². The van der Waals surface area contributed by atoms with Crippen molar-refractivity contribution in [3.05, 3.63) is 36.5 Å². The minimum Gasteiger partial charge on any atom is -0.466 e. The van der Waals surface area contributed by atoms with Gasteiger partial charge in [-0.3, -0.25) is 9.59 Å². The fourth-order valence-corrected chi connectivity index (χ4v) is 10.5. The van der Waals surface area contributed by atoms with Crippen LogP contribution in [0.4, 0.5) is 0 Å². The van der Waals surface area contributed by atoms with Crippen LogP contribution in [0.15, 0.2) is 36.5 Å². The fraction of sp³-hybridized carbons (Fsp3) is 0.884. The summed E-state index contributed by atoms with van der Waals surface area (Å²) in [5.74, 6) is -0.0582.